The Labute approximate surface area is 89.9 Å². The van der Waals surface area contributed by atoms with Crippen LogP contribution in [-0.2, 0) is 6.54 Å². The largest absolute Gasteiger partial charge is 0.487 e. The molecule has 1 aliphatic rings. The molecule has 1 fully saturated rings. The van der Waals surface area contributed by atoms with Crippen molar-refractivity contribution in [2.75, 3.05) is 6.61 Å². The quantitative estimate of drug-likeness (QED) is 0.821. The van der Waals surface area contributed by atoms with Crippen LogP contribution in [0.5, 0.6) is 5.75 Å². The van der Waals surface area contributed by atoms with Gasteiger partial charge in [0, 0.05) is 6.54 Å². The van der Waals surface area contributed by atoms with Crippen LogP contribution in [0.25, 0.3) is 0 Å². The van der Waals surface area contributed by atoms with Crippen LogP contribution in [0.4, 0.5) is 0 Å². The van der Waals surface area contributed by atoms with Crippen LogP contribution in [0, 0.1) is 0 Å². The maximum atomic E-state index is 10.1. The summed E-state index contributed by atoms with van der Waals surface area (Å²) < 4.78 is 7.36. The number of nitrogens with zero attached hydrogens (tertiary/aromatic N) is 2. The summed E-state index contributed by atoms with van der Waals surface area (Å²) in [5, 5.41) is 14.2. The third-order valence-corrected chi connectivity index (χ3v) is 2.98. The number of rotatable bonds is 4. The Morgan fingerprint density at radius 3 is 2.87 bits per heavy atom. The normalized spacial score (nSPS) is 19.3. The molecule has 0 amide bonds. The number of ether oxygens (including phenoxy) is 1. The van der Waals surface area contributed by atoms with Crippen LogP contribution in [-0.4, -0.2) is 27.1 Å². The molecule has 0 aliphatic heterocycles. The standard InChI is InChI=1S/C11H18N2O2/c1-2-13-8-10(7-12-13)15-9-11(14)5-3-4-6-11/h7-8,14H,2-6,9H2,1H3. The molecule has 4 heteroatoms. The lowest BCUT2D eigenvalue weighted by Crippen LogP contribution is -2.32. The molecule has 1 heterocycles. The predicted molar refractivity (Wildman–Crippen MR) is 56.8 cm³/mol. The van der Waals surface area contributed by atoms with Gasteiger partial charge < -0.3 is 9.84 Å². The van der Waals surface area contributed by atoms with Crippen LogP contribution >= 0.6 is 0 Å². The van der Waals surface area contributed by atoms with Crippen LogP contribution in [0.2, 0.25) is 0 Å². The number of aliphatic hydroxyl groups is 1. The average Bonchev–Trinajstić information content (AvgIpc) is 2.84. The van der Waals surface area contributed by atoms with Crippen molar-refractivity contribution in [1.29, 1.82) is 0 Å². The van der Waals surface area contributed by atoms with Crippen LogP contribution in [0.3, 0.4) is 0 Å². The maximum Gasteiger partial charge on any atom is 0.157 e. The van der Waals surface area contributed by atoms with Crippen molar-refractivity contribution in [3.05, 3.63) is 12.4 Å². The summed E-state index contributed by atoms with van der Waals surface area (Å²) in [5.74, 6) is 0.747. The minimum Gasteiger partial charge on any atom is -0.487 e. The molecule has 0 bridgehead atoms. The molecular formula is C11H18N2O2. The van der Waals surface area contributed by atoms with Gasteiger partial charge in [-0.25, -0.2) is 0 Å². The van der Waals surface area contributed by atoms with Crippen LogP contribution < -0.4 is 4.74 Å². The van der Waals surface area contributed by atoms with Crippen molar-refractivity contribution in [1.82, 2.24) is 9.78 Å². The smallest absolute Gasteiger partial charge is 0.157 e. The third kappa shape index (κ3) is 2.50. The van der Waals surface area contributed by atoms with Crippen molar-refractivity contribution >= 4 is 0 Å². The molecule has 0 saturated heterocycles. The summed E-state index contributed by atoms with van der Waals surface area (Å²) in [7, 11) is 0. The fraction of sp³-hybridized carbons (Fsp3) is 0.727. The monoisotopic (exact) mass is 210 g/mol. The summed E-state index contributed by atoms with van der Waals surface area (Å²) in [4.78, 5) is 0. The Morgan fingerprint density at radius 1 is 1.53 bits per heavy atom. The Bertz CT molecular complexity index is 316. The Kier molecular flexibility index (Phi) is 2.95. The van der Waals surface area contributed by atoms with E-state index in [4.69, 9.17) is 4.74 Å². The minimum atomic E-state index is -0.603. The topological polar surface area (TPSA) is 47.3 Å². The molecule has 84 valence electrons. The van der Waals surface area contributed by atoms with E-state index in [1.54, 1.807) is 6.20 Å². The molecule has 15 heavy (non-hydrogen) atoms. The van der Waals surface area contributed by atoms with Crippen LogP contribution in [0.15, 0.2) is 12.4 Å². The SMILES string of the molecule is CCn1cc(OCC2(O)CCCC2)cn1. The summed E-state index contributed by atoms with van der Waals surface area (Å²) in [6.45, 7) is 3.26. The number of hydrogen-bond acceptors (Lipinski definition) is 3. The van der Waals surface area contributed by atoms with E-state index in [9.17, 15) is 5.11 Å². The second kappa shape index (κ2) is 4.23. The third-order valence-electron chi connectivity index (χ3n) is 2.98. The molecule has 0 spiro atoms. The molecule has 1 saturated carbocycles. The Balaban J connectivity index is 1.87. The maximum absolute atomic E-state index is 10.1. The molecule has 1 aromatic heterocycles. The van der Waals surface area contributed by atoms with Gasteiger partial charge in [0.2, 0.25) is 0 Å². The second-order valence-corrected chi connectivity index (χ2v) is 4.25. The van der Waals surface area contributed by atoms with Crippen molar-refractivity contribution < 1.29 is 9.84 Å². The first-order valence-corrected chi connectivity index (χ1v) is 5.59. The van der Waals surface area contributed by atoms with E-state index in [1.807, 2.05) is 17.8 Å². The van der Waals surface area contributed by atoms with Crippen molar-refractivity contribution in [2.24, 2.45) is 0 Å². The highest BCUT2D eigenvalue weighted by atomic mass is 16.5. The lowest BCUT2D eigenvalue weighted by molar-refractivity contribution is 0.00138. The molecule has 0 aromatic carbocycles. The van der Waals surface area contributed by atoms with Gasteiger partial charge in [-0.1, -0.05) is 12.8 Å². The number of hydrogen-bond donors (Lipinski definition) is 1. The second-order valence-electron chi connectivity index (χ2n) is 4.25. The van der Waals surface area contributed by atoms with Gasteiger partial charge in [-0.2, -0.15) is 5.10 Å². The lowest BCUT2D eigenvalue weighted by atomic mass is 10.0. The summed E-state index contributed by atoms with van der Waals surface area (Å²) in [5.41, 5.74) is -0.603. The average molecular weight is 210 g/mol. The van der Waals surface area contributed by atoms with E-state index >= 15 is 0 Å². The molecule has 1 aliphatic carbocycles. The van der Waals surface area contributed by atoms with E-state index in [-0.39, 0.29) is 0 Å². The van der Waals surface area contributed by atoms with E-state index in [1.165, 1.54) is 0 Å². The molecular weight excluding hydrogens is 192 g/mol. The first kappa shape index (κ1) is 10.5. The van der Waals surface area contributed by atoms with Crippen molar-refractivity contribution in [2.45, 2.75) is 44.8 Å². The molecule has 0 atom stereocenters. The van der Waals surface area contributed by atoms with Gasteiger partial charge in [0.25, 0.3) is 0 Å². The van der Waals surface area contributed by atoms with Crippen molar-refractivity contribution in [3.63, 3.8) is 0 Å². The van der Waals surface area contributed by atoms with Gasteiger partial charge in [0.1, 0.15) is 6.61 Å². The zero-order valence-corrected chi connectivity index (χ0v) is 9.15. The number of aromatic nitrogens is 2. The molecule has 1 N–H and O–H groups in total. The van der Waals surface area contributed by atoms with Gasteiger partial charge in [-0.05, 0) is 19.8 Å². The van der Waals surface area contributed by atoms with E-state index < -0.39 is 5.60 Å². The lowest BCUT2D eigenvalue weighted by Gasteiger charge is -2.21. The highest BCUT2D eigenvalue weighted by Crippen LogP contribution is 2.29. The van der Waals surface area contributed by atoms with E-state index in [0.717, 1.165) is 38.0 Å². The molecule has 0 unspecified atom stereocenters. The van der Waals surface area contributed by atoms with Gasteiger partial charge in [-0.15, -0.1) is 0 Å². The van der Waals surface area contributed by atoms with E-state index in [2.05, 4.69) is 5.10 Å². The van der Waals surface area contributed by atoms with Crippen LogP contribution in [0.1, 0.15) is 32.6 Å². The van der Waals surface area contributed by atoms with E-state index in [0.29, 0.717) is 6.61 Å². The zero-order valence-electron chi connectivity index (χ0n) is 9.15. The summed E-state index contributed by atoms with van der Waals surface area (Å²) in [6.07, 6.45) is 7.48. The van der Waals surface area contributed by atoms with Gasteiger partial charge >= 0.3 is 0 Å². The fourth-order valence-corrected chi connectivity index (χ4v) is 1.99. The molecule has 1 aromatic rings. The number of aryl methyl sites for hydroxylation is 1. The van der Waals surface area contributed by atoms with Crippen molar-refractivity contribution in [3.8, 4) is 5.75 Å². The van der Waals surface area contributed by atoms with Gasteiger partial charge in [0.05, 0.1) is 18.0 Å². The Hall–Kier alpha value is -1.03. The zero-order chi connectivity index (χ0) is 10.7. The predicted octanol–water partition coefficient (Wildman–Crippen LogP) is 1.59. The highest BCUT2D eigenvalue weighted by molar-refractivity contribution is 5.12. The first-order chi connectivity index (χ1) is 7.22. The minimum absolute atomic E-state index is 0.391. The van der Waals surface area contributed by atoms with Gasteiger partial charge in [0.15, 0.2) is 5.75 Å². The Morgan fingerprint density at radius 2 is 2.27 bits per heavy atom. The summed E-state index contributed by atoms with van der Waals surface area (Å²) in [6, 6.07) is 0. The van der Waals surface area contributed by atoms with Gasteiger partial charge in [-0.3, -0.25) is 4.68 Å². The first-order valence-electron chi connectivity index (χ1n) is 5.59. The molecule has 0 radical (unpaired) electrons. The fourth-order valence-electron chi connectivity index (χ4n) is 1.99. The molecule has 2 rings (SSSR count). The summed E-state index contributed by atoms with van der Waals surface area (Å²) >= 11 is 0. The molecule has 4 nitrogen and oxygen atoms in total. The highest BCUT2D eigenvalue weighted by Gasteiger charge is 2.31.